The van der Waals surface area contributed by atoms with Gasteiger partial charge in [-0.2, -0.15) is 0 Å². The average molecular weight is 251 g/mol. The maximum Gasteiger partial charge on any atom is 0.504 e. The molecule has 0 radical (unpaired) electrons. The lowest BCUT2D eigenvalue weighted by Crippen LogP contribution is -2.69. The Morgan fingerprint density at radius 3 is 2.81 bits per heavy atom. The molecule has 2 aliphatic heterocycles. The molecule has 4 N–H and O–H groups in total. The zero-order chi connectivity index (χ0) is 11.8. The monoisotopic (exact) mass is 251 g/mol. The Labute approximate surface area is 94.4 Å². The van der Waals surface area contributed by atoms with Gasteiger partial charge in [0, 0.05) is 13.2 Å². The number of hydrogen-bond acceptors (Lipinski definition) is 7. The summed E-state index contributed by atoms with van der Waals surface area (Å²) in [7, 11) is -1.41. The minimum atomic E-state index is -2.91. The summed E-state index contributed by atoms with van der Waals surface area (Å²) in [6, 6.07) is 0.420. The minimum absolute atomic E-state index is 0.289. The van der Waals surface area contributed by atoms with E-state index in [-0.39, 0.29) is 6.61 Å². The largest absolute Gasteiger partial charge is 0.504 e. The molecule has 0 aliphatic carbocycles. The van der Waals surface area contributed by atoms with Crippen LogP contribution in [-0.4, -0.2) is 63.9 Å². The molecular formula is C8H17NO6Si. The van der Waals surface area contributed by atoms with E-state index < -0.39 is 33.4 Å². The van der Waals surface area contributed by atoms with E-state index in [0.717, 1.165) is 0 Å². The van der Waals surface area contributed by atoms with Gasteiger partial charge in [-0.1, -0.05) is 0 Å². The highest BCUT2D eigenvalue weighted by molar-refractivity contribution is 6.61. The summed E-state index contributed by atoms with van der Waals surface area (Å²) in [6.07, 6.45) is -3.42. The smallest absolute Gasteiger partial charge is 0.385 e. The quantitative estimate of drug-likeness (QED) is 0.500. The van der Waals surface area contributed by atoms with Gasteiger partial charge >= 0.3 is 8.80 Å². The lowest BCUT2D eigenvalue weighted by atomic mass is 10.1. The van der Waals surface area contributed by atoms with Gasteiger partial charge in [0.25, 0.3) is 0 Å². The maximum atomic E-state index is 9.73. The molecule has 2 heterocycles. The first kappa shape index (κ1) is 12.4. The summed E-state index contributed by atoms with van der Waals surface area (Å²) in [6.45, 7) is 0.635. The maximum absolute atomic E-state index is 9.73. The van der Waals surface area contributed by atoms with E-state index in [1.807, 2.05) is 0 Å². The second kappa shape index (κ2) is 4.67. The molecule has 2 rings (SSSR count). The molecule has 5 unspecified atom stereocenters. The third kappa shape index (κ3) is 2.03. The highest BCUT2D eigenvalue weighted by Crippen LogP contribution is 2.33. The van der Waals surface area contributed by atoms with E-state index in [4.69, 9.17) is 23.7 Å². The Morgan fingerprint density at radius 1 is 1.44 bits per heavy atom. The van der Waals surface area contributed by atoms with Crippen molar-refractivity contribution in [2.24, 2.45) is 5.73 Å². The summed E-state index contributed by atoms with van der Waals surface area (Å²) < 4.78 is 21.5. The fourth-order valence-corrected chi connectivity index (χ4v) is 4.51. The van der Waals surface area contributed by atoms with E-state index in [0.29, 0.717) is 12.6 Å². The molecule has 0 aromatic rings. The standard InChI is InChI=1S/C8H17NO6Si/c1-12-5-4-13-16(3-2-9)14-7(5)6(10)8(11)15-16/h5-8,10-11H,2-4,9H2,1H3. The van der Waals surface area contributed by atoms with Crippen LogP contribution in [0.25, 0.3) is 0 Å². The van der Waals surface area contributed by atoms with Gasteiger partial charge in [0.15, 0.2) is 6.29 Å². The van der Waals surface area contributed by atoms with Crippen molar-refractivity contribution in [1.29, 1.82) is 0 Å². The molecule has 7 nitrogen and oxygen atoms in total. The summed E-state index contributed by atoms with van der Waals surface area (Å²) >= 11 is 0. The number of aliphatic hydroxyl groups is 2. The van der Waals surface area contributed by atoms with Crippen LogP contribution in [0.3, 0.4) is 0 Å². The molecule has 0 spiro atoms. The first-order valence-electron chi connectivity index (χ1n) is 5.20. The summed E-state index contributed by atoms with van der Waals surface area (Å²) in [4.78, 5) is 0. The predicted molar refractivity (Wildman–Crippen MR) is 54.3 cm³/mol. The van der Waals surface area contributed by atoms with Crippen LogP contribution < -0.4 is 5.73 Å². The van der Waals surface area contributed by atoms with Gasteiger partial charge in [0.2, 0.25) is 0 Å². The summed E-state index contributed by atoms with van der Waals surface area (Å²) in [5.41, 5.74) is 5.46. The average Bonchev–Trinajstić information content (AvgIpc) is 2.27. The zero-order valence-corrected chi connectivity index (χ0v) is 10.0. The minimum Gasteiger partial charge on any atom is -0.385 e. The lowest BCUT2D eigenvalue weighted by Gasteiger charge is -2.48. The number of fused-ring (bicyclic) bond motifs is 2. The highest BCUT2D eigenvalue weighted by atomic mass is 28.4. The molecule has 0 amide bonds. The van der Waals surface area contributed by atoms with Crippen molar-refractivity contribution in [2.45, 2.75) is 30.6 Å². The van der Waals surface area contributed by atoms with Crippen molar-refractivity contribution in [3.05, 3.63) is 0 Å². The fraction of sp³-hybridized carbons (Fsp3) is 1.00. The van der Waals surface area contributed by atoms with E-state index in [1.165, 1.54) is 7.11 Å². The van der Waals surface area contributed by atoms with E-state index >= 15 is 0 Å². The normalized spacial score (nSPS) is 48.0. The zero-order valence-electron chi connectivity index (χ0n) is 9.04. The predicted octanol–water partition coefficient (Wildman–Crippen LogP) is -1.98. The van der Waals surface area contributed by atoms with Gasteiger partial charge < -0.3 is 34.0 Å². The van der Waals surface area contributed by atoms with Crippen LogP contribution in [-0.2, 0) is 18.0 Å². The van der Waals surface area contributed by atoms with Crippen LogP contribution >= 0.6 is 0 Å². The van der Waals surface area contributed by atoms with Crippen molar-refractivity contribution in [3.63, 3.8) is 0 Å². The van der Waals surface area contributed by atoms with Crippen LogP contribution in [0.15, 0.2) is 0 Å². The molecule has 2 fully saturated rings. The van der Waals surface area contributed by atoms with Crippen molar-refractivity contribution >= 4 is 8.80 Å². The number of ether oxygens (including phenoxy) is 1. The first-order chi connectivity index (χ1) is 7.62. The molecule has 2 saturated heterocycles. The molecule has 2 aliphatic rings. The molecule has 2 bridgehead atoms. The van der Waals surface area contributed by atoms with Crippen LogP contribution in [0.2, 0.25) is 6.04 Å². The third-order valence-corrected chi connectivity index (χ3v) is 5.57. The van der Waals surface area contributed by atoms with Gasteiger partial charge in [0.1, 0.15) is 18.3 Å². The Kier molecular flexibility index (Phi) is 3.61. The highest BCUT2D eigenvalue weighted by Gasteiger charge is 2.58. The van der Waals surface area contributed by atoms with Crippen LogP contribution in [0.5, 0.6) is 0 Å². The Bertz CT molecular complexity index is 255. The number of aliphatic hydroxyl groups excluding tert-OH is 2. The SMILES string of the molecule is COC1CO[Si]2(CCN)OC(O)C(O)C1O2. The molecule has 94 valence electrons. The fourth-order valence-electron chi connectivity index (χ4n) is 1.96. The van der Waals surface area contributed by atoms with E-state index in [2.05, 4.69) is 0 Å². The number of methoxy groups -OCH3 is 1. The Morgan fingerprint density at radius 2 is 2.19 bits per heavy atom. The van der Waals surface area contributed by atoms with E-state index in [1.54, 1.807) is 0 Å². The first-order valence-corrected chi connectivity index (χ1v) is 7.13. The van der Waals surface area contributed by atoms with Gasteiger partial charge in [-0.3, -0.25) is 0 Å². The molecule has 0 aromatic heterocycles. The van der Waals surface area contributed by atoms with Crippen molar-refractivity contribution in [2.75, 3.05) is 20.3 Å². The van der Waals surface area contributed by atoms with Gasteiger partial charge in [0.05, 0.1) is 6.61 Å². The molecule has 5 atom stereocenters. The molecular weight excluding hydrogens is 234 g/mol. The van der Waals surface area contributed by atoms with Gasteiger partial charge in [-0.15, -0.1) is 0 Å². The Balaban J connectivity index is 2.16. The van der Waals surface area contributed by atoms with Crippen LogP contribution in [0, 0.1) is 0 Å². The molecule has 8 heteroatoms. The van der Waals surface area contributed by atoms with Gasteiger partial charge in [-0.05, 0) is 6.54 Å². The van der Waals surface area contributed by atoms with Crippen molar-refractivity contribution in [3.8, 4) is 0 Å². The van der Waals surface area contributed by atoms with Crippen LogP contribution in [0.4, 0.5) is 0 Å². The third-order valence-electron chi connectivity index (χ3n) is 2.83. The molecule has 0 saturated carbocycles. The molecule has 0 aromatic carbocycles. The van der Waals surface area contributed by atoms with Crippen molar-refractivity contribution in [1.82, 2.24) is 0 Å². The summed E-state index contributed by atoms with van der Waals surface area (Å²) in [5, 5.41) is 19.3. The van der Waals surface area contributed by atoms with E-state index in [9.17, 15) is 10.2 Å². The van der Waals surface area contributed by atoms with Crippen LogP contribution in [0.1, 0.15) is 0 Å². The lowest BCUT2D eigenvalue weighted by molar-refractivity contribution is -0.253. The number of nitrogens with two attached hydrogens (primary N) is 1. The number of hydrogen-bond donors (Lipinski definition) is 3. The topological polar surface area (TPSA) is 103 Å². The summed E-state index contributed by atoms with van der Waals surface area (Å²) in [5.74, 6) is 0. The van der Waals surface area contributed by atoms with Crippen molar-refractivity contribution < 1.29 is 28.2 Å². The number of rotatable bonds is 3. The Hall–Kier alpha value is -0.0631. The second-order valence-corrected chi connectivity index (χ2v) is 6.51. The molecule has 16 heavy (non-hydrogen) atoms. The second-order valence-electron chi connectivity index (χ2n) is 3.89. The van der Waals surface area contributed by atoms with Gasteiger partial charge in [-0.25, -0.2) is 0 Å².